The van der Waals surface area contributed by atoms with Crippen molar-refractivity contribution in [1.29, 1.82) is 0 Å². The average molecular weight is 265 g/mol. The van der Waals surface area contributed by atoms with Gasteiger partial charge in [-0.15, -0.1) is 11.6 Å². The van der Waals surface area contributed by atoms with Crippen LogP contribution >= 0.6 is 0 Å². The molecule has 0 aliphatic rings. The van der Waals surface area contributed by atoms with Crippen LogP contribution in [0, 0.1) is 0 Å². The molecular weight excluding hydrogens is 257 g/mol. The third kappa shape index (κ3) is 6.13. The van der Waals surface area contributed by atoms with E-state index in [1.54, 1.807) is 0 Å². The Hall–Kier alpha value is -0.548. The van der Waals surface area contributed by atoms with E-state index in [4.69, 9.17) is 0 Å². The first kappa shape index (κ1) is 17.8. The molecule has 0 aromatic heterocycles. The van der Waals surface area contributed by atoms with Gasteiger partial charge in [-0.25, -0.2) is 4.39 Å². The molecule has 93 valence electrons. The molecule has 16 heavy (non-hydrogen) atoms. The fourth-order valence-corrected chi connectivity index (χ4v) is 0.356. The van der Waals surface area contributed by atoms with Gasteiger partial charge < -0.3 is 0 Å². The van der Waals surface area contributed by atoms with E-state index < -0.39 is 30.3 Å². The zero-order valence-electron chi connectivity index (χ0n) is 8.37. The minimum Gasteiger partial charge on any atom is -0.284 e. The lowest BCUT2D eigenvalue weighted by atomic mass is 10.1. The predicted molar refractivity (Wildman–Crippen MR) is 44.5 cm³/mol. The molecule has 0 N–H and O–H groups in total. The standard InChI is InChI=1S/C5H2F6O2.2CH3.Al/c6-1-4(7,8)2(12)3(13)5(9,10)11;;;/h1H2;2*1H3;. The lowest BCUT2D eigenvalue weighted by molar-refractivity contribution is -0.182. The Morgan fingerprint density at radius 3 is 1.50 bits per heavy atom. The number of rotatable bonds is 3. The van der Waals surface area contributed by atoms with Gasteiger partial charge in [0.1, 0.15) is 0 Å². The maximum Gasteiger partial charge on any atom is 0.458 e. The van der Waals surface area contributed by atoms with Gasteiger partial charge in [-0.05, 0) is 0 Å². The third-order valence-electron chi connectivity index (χ3n) is 0.964. The van der Waals surface area contributed by atoms with E-state index in [0.717, 1.165) is 15.2 Å². The average Bonchev–Trinajstić information content (AvgIpc) is 2.15. The quantitative estimate of drug-likeness (QED) is 0.445. The number of hydrogen-bond donors (Lipinski definition) is 0. The van der Waals surface area contributed by atoms with Crippen LogP contribution in [0.5, 0.6) is 0 Å². The summed E-state index contributed by atoms with van der Waals surface area (Å²) in [6, 6.07) is 0. The Balaban J connectivity index is 0. The largest absolute Gasteiger partial charge is 0.458 e. The molecule has 0 saturated heterocycles. The second kappa shape index (κ2) is 6.91. The number of carbonyl (C=O) groups is 2. The van der Waals surface area contributed by atoms with E-state index in [1.165, 1.54) is 0 Å². The van der Waals surface area contributed by atoms with Crippen LogP contribution in [0.3, 0.4) is 0 Å². The fraction of sp³-hybridized carbons (Fsp3) is 0.714. The molecule has 0 aromatic carbocycles. The van der Waals surface area contributed by atoms with Crippen LogP contribution in [0.2, 0.25) is 11.6 Å². The van der Waals surface area contributed by atoms with Gasteiger partial charge in [0.15, 0.2) is 21.9 Å². The zero-order chi connectivity index (χ0) is 13.6. The van der Waals surface area contributed by atoms with Crippen LogP contribution in [0.1, 0.15) is 0 Å². The van der Waals surface area contributed by atoms with Crippen molar-refractivity contribution < 1.29 is 35.9 Å². The van der Waals surface area contributed by atoms with Gasteiger partial charge in [0.25, 0.3) is 5.78 Å². The third-order valence-corrected chi connectivity index (χ3v) is 0.964. The smallest absolute Gasteiger partial charge is 0.284 e. The molecule has 2 nitrogen and oxygen atoms in total. The molecule has 0 aliphatic carbocycles. The number of carbonyl (C=O) groups excluding carboxylic acids is 2. The van der Waals surface area contributed by atoms with Gasteiger partial charge in [-0.3, -0.25) is 9.59 Å². The number of alkyl halides is 6. The van der Waals surface area contributed by atoms with Gasteiger partial charge in [0.2, 0.25) is 0 Å². The molecule has 0 bridgehead atoms. The maximum absolute atomic E-state index is 11.9. The number of ketones is 2. The lowest BCUT2D eigenvalue weighted by Crippen LogP contribution is -2.43. The summed E-state index contributed by atoms with van der Waals surface area (Å²) in [5, 5.41) is 0. The van der Waals surface area contributed by atoms with Crippen LogP contribution in [-0.2, 0) is 9.59 Å². The molecule has 0 unspecified atom stereocenters. The summed E-state index contributed by atoms with van der Waals surface area (Å²) < 4.78 is 69.1. The van der Waals surface area contributed by atoms with Gasteiger partial charge in [0, 0.05) is 0 Å². The molecule has 0 saturated carbocycles. The minimum absolute atomic E-state index is 0.750. The van der Waals surface area contributed by atoms with Crippen molar-refractivity contribution in [2.45, 2.75) is 23.7 Å². The summed E-state index contributed by atoms with van der Waals surface area (Å²) in [7, 11) is 0. The molecule has 0 aromatic rings. The Kier molecular flexibility index (Phi) is 7.70. The first-order valence-corrected chi connectivity index (χ1v) is 6.19. The Morgan fingerprint density at radius 2 is 1.31 bits per heavy atom. The van der Waals surface area contributed by atoms with Crippen molar-refractivity contribution in [1.82, 2.24) is 0 Å². The Morgan fingerprint density at radius 1 is 1.00 bits per heavy atom. The highest BCUT2D eigenvalue weighted by Crippen LogP contribution is 2.23. The number of halogens is 6. The molecule has 0 heterocycles. The predicted octanol–water partition coefficient (Wildman–Crippen LogP) is 2.08. The summed E-state index contributed by atoms with van der Waals surface area (Å²) >= 11 is 0.750. The van der Waals surface area contributed by atoms with E-state index in [9.17, 15) is 35.9 Å². The van der Waals surface area contributed by atoms with Crippen LogP contribution in [-0.4, -0.2) is 45.6 Å². The monoisotopic (exact) mass is 265 g/mol. The lowest BCUT2D eigenvalue weighted by Gasteiger charge is -2.10. The van der Waals surface area contributed by atoms with Gasteiger partial charge >= 0.3 is 17.9 Å². The second-order valence-corrected chi connectivity index (χ2v) is 3.73. The highest BCUT2D eigenvalue weighted by atomic mass is 27.1. The number of hydrogen-bond acceptors (Lipinski definition) is 2. The first-order valence-electron chi connectivity index (χ1n) is 3.88. The van der Waals surface area contributed by atoms with Gasteiger partial charge in [0.05, 0.1) is 0 Å². The van der Waals surface area contributed by atoms with Gasteiger partial charge in [-0.1, -0.05) is 0 Å². The summed E-state index contributed by atoms with van der Waals surface area (Å²) in [5.41, 5.74) is 0. The van der Waals surface area contributed by atoms with Crippen LogP contribution in [0.15, 0.2) is 0 Å². The van der Waals surface area contributed by atoms with E-state index in [0.29, 0.717) is 0 Å². The van der Waals surface area contributed by atoms with E-state index in [1.807, 2.05) is 0 Å². The topological polar surface area (TPSA) is 34.1 Å². The molecule has 0 atom stereocenters. The Labute approximate surface area is 93.7 Å². The molecule has 0 spiro atoms. The maximum atomic E-state index is 11.9. The highest BCUT2D eigenvalue weighted by molar-refractivity contribution is 6.41. The van der Waals surface area contributed by atoms with E-state index >= 15 is 0 Å². The fourth-order valence-electron chi connectivity index (χ4n) is 0.356. The summed E-state index contributed by atoms with van der Waals surface area (Å²) in [4.78, 5) is 19.8. The van der Waals surface area contributed by atoms with Gasteiger partial charge in [-0.2, -0.15) is 22.0 Å². The van der Waals surface area contributed by atoms with Crippen molar-refractivity contribution in [2.24, 2.45) is 0 Å². The van der Waals surface area contributed by atoms with Crippen molar-refractivity contribution >= 4 is 26.8 Å². The molecule has 9 heteroatoms. The van der Waals surface area contributed by atoms with Crippen molar-refractivity contribution in [3.8, 4) is 0 Å². The number of Topliss-reactive ketones (excluding diaryl/α,β-unsaturated/α-hetero) is 2. The first-order chi connectivity index (χ1) is 7.04. The van der Waals surface area contributed by atoms with E-state index in [-0.39, 0.29) is 0 Å². The van der Waals surface area contributed by atoms with Crippen LogP contribution < -0.4 is 0 Å². The Bertz CT molecular complexity index is 250. The highest BCUT2D eigenvalue weighted by Gasteiger charge is 2.53. The molecule has 1 radical (unpaired) electrons. The van der Waals surface area contributed by atoms with Crippen LogP contribution in [0.25, 0.3) is 0 Å². The summed E-state index contributed by atoms with van der Waals surface area (Å²) in [6.45, 7) is -2.63. The molecule has 0 rings (SSSR count). The summed E-state index contributed by atoms with van der Waals surface area (Å²) in [5.74, 6) is -6.82. The molecular formula is C7H8AlF6O2. The molecule has 0 amide bonds. The van der Waals surface area contributed by atoms with Crippen molar-refractivity contribution in [2.75, 3.05) is 6.67 Å². The second-order valence-electron chi connectivity index (χ2n) is 2.57. The minimum atomic E-state index is -5.70. The molecule has 0 fully saturated rings. The zero-order valence-corrected chi connectivity index (χ0v) is 9.52. The summed E-state index contributed by atoms with van der Waals surface area (Å²) in [6.07, 6.45) is -5.70. The van der Waals surface area contributed by atoms with Crippen molar-refractivity contribution in [3.63, 3.8) is 0 Å². The molecule has 0 aliphatic heterocycles. The SMILES string of the molecule is O=C(C(=O)C(F)(F)CF)C(F)(F)F.[CH3][Al][CH3]. The van der Waals surface area contributed by atoms with Crippen molar-refractivity contribution in [3.05, 3.63) is 0 Å². The normalized spacial score (nSPS) is 11.2. The van der Waals surface area contributed by atoms with E-state index in [2.05, 4.69) is 11.6 Å². The van der Waals surface area contributed by atoms with Crippen LogP contribution in [0.4, 0.5) is 26.3 Å².